The average Bonchev–Trinajstić information content (AvgIpc) is 2.34. The minimum absolute atomic E-state index is 0.0756. The Balaban J connectivity index is 3.20. The predicted molar refractivity (Wildman–Crippen MR) is 65.3 cm³/mol. The molecule has 0 spiro atoms. The van der Waals surface area contributed by atoms with E-state index in [1.54, 1.807) is 7.05 Å². The fraction of sp³-hybridized carbons (Fsp3) is 0.455. The molecule has 0 fully saturated rings. The number of hydrogen-bond donors (Lipinski definition) is 1. The van der Waals surface area contributed by atoms with Gasteiger partial charge in [0.2, 0.25) is 0 Å². The van der Waals surface area contributed by atoms with Crippen molar-refractivity contribution in [3.05, 3.63) is 33.9 Å². The Kier molecular flexibility index (Phi) is 4.71. The van der Waals surface area contributed by atoms with Gasteiger partial charge in [-0.3, -0.25) is 10.1 Å². The highest BCUT2D eigenvalue weighted by Gasteiger charge is 2.36. The number of halogens is 3. The zero-order valence-electron chi connectivity index (χ0n) is 10.5. The van der Waals surface area contributed by atoms with E-state index in [0.29, 0.717) is 19.2 Å². The Morgan fingerprint density at radius 1 is 1.42 bits per heavy atom. The summed E-state index contributed by atoms with van der Waals surface area (Å²) in [6.07, 6.45) is -4.63. The number of hydrogen-bond acceptors (Lipinski definition) is 4. The number of anilines is 1. The van der Waals surface area contributed by atoms with Gasteiger partial charge in [0.15, 0.2) is 0 Å². The number of likely N-dealkylation sites (N-methyl/N-ethyl adjacent to an activating group) is 2. The number of nitrogens with one attached hydrogen (secondary N) is 1. The van der Waals surface area contributed by atoms with Gasteiger partial charge in [0.1, 0.15) is 0 Å². The van der Waals surface area contributed by atoms with Gasteiger partial charge in [0.05, 0.1) is 10.5 Å². The molecule has 0 amide bonds. The van der Waals surface area contributed by atoms with Crippen molar-refractivity contribution < 1.29 is 18.1 Å². The zero-order valence-corrected chi connectivity index (χ0v) is 10.5. The van der Waals surface area contributed by atoms with Gasteiger partial charge in [0, 0.05) is 38.0 Å². The Morgan fingerprint density at radius 2 is 2.05 bits per heavy atom. The van der Waals surface area contributed by atoms with Gasteiger partial charge in [-0.1, -0.05) is 0 Å². The summed E-state index contributed by atoms with van der Waals surface area (Å²) in [5.41, 5.74) is -1.65. The van der Waals surface area contributed by atoms with Gasteiger partial charge in [-0.25, -0.2) is 0 Å². The quantitative estimate of drug-likeness (QED) is 0.662. The normalized spacial score (nSPS) is 11.4. The van der Waals surface area contributed by atoms with Crippen LogP contribution in [0.25, 0.3) is 0 Å². The number of alkyl halides is 3. The smallest absolute Gasteiger partial charge is 0.373 e. The highest BCUT2D eigenvalue weighted by Crippen LogP contribution is 2.38. The van der Waals surface area contributed by atoms with Crippen molar-refractivity contribution in [3.63, 3.8) is 0 Å². The van der Waals surface area contributed by atoms with Crippen LogP contribution in [0.3, 0.4) is 0 Å². The first-order valence-corrected chi connectivity index (χ1v) is 5.48. The summed E-state index contributed by atoms with van der Waals surface area (Å²) in [5.74, 6) is 0. The van der Waals surface area contributed by atoms with E-state index in [1.807, 2.05) is 0 Å². The van der Waals surface area contributed by atoms with E-state index in [9.17, 15) is 23.3 Å². The van der Waals surface area contributed by atoms with E-state index >= 15 is 0 Å². The number of rotatable bonds is 5. The summed E-state index contributed by atoms with van der Waals surface area (Å²) >= 11 is 0. The van der Waals surface area contributed by atoms with Crippen molar-refractivity contribution in [2.24, 2.45) is 0 Å². The molecule has 1 aromatic rings. The van der Waals surface area contributed by atoms with Crippen LogP contribution >= 0.6 is 0 Å². The summed E-state index contributed by atoms with van der Waals surface area (Å²) in [6.45, 7) is 0.863. The Bertz CT molecular complexity index is 463. The lowest BCUT2D eigenvalue weighted by atomic mass is 10.1. The van der Waals surface area contributed by atoms with Crippen LogP contribution in [0.15, 0.2) is 18.2 Å². The molecule has 1 rings (SSSR count). The molecule has 0 aliphatic rings. The molecular formula is C11H14F3N3O2. The topological polar surface area (TPSA) is 58.4 Å². The first-order valence-electron chi connectivity index (χ1n) is 5.48. The maximum atomic E-state index is 12.9. The van der Waals surface area contributed by atoms with Crippen LogP contribution in [0.5, 0.6) is 0 Å². The summed E-state index contributed by atoms with van der Waals surface area (Å²) in [5, 5.41) is 13.4. The van der Waals surface area contributed by atoms with Crippen LogP contribution in [0.2, 0.25) is 0 Å². The highest BCUT2D eigenvalue weighted by molar-refractivity contribution is 5.58. The van der Waals surface area contributed by atoms with Crippen LogP contribution in [0.1, 0.15) is 5.56 Å². The molecule has 5 nitrogen and oxygen atoms in total. The van der Waals surface area contributed by atoms with Crippen molar-refractivity contribution >= 4 is 11.4 Å². The second kappa shape index (κ2) is 5.87. The lowest BCUT2D eigenvalue weighted by molar-refractivity contribution is -0.385. The third-order valence-electron chi connectivity index (χ3n) is 2.60. The lowest BCUT2D eigenvalue weighted by Crippen LogP contribution is -2.28. The van der Waals surface area contributed by atoms with Crippen LogP contribution in [-0.4, -0.2) is 32.1 Å². The third-order valence-corrected chi connectivity index (χ3v) is 2.60. The molecule has 0 aromatic heterocycles. The Labute approximate surface area is 108 Å². The second-order valence-corrected chi connectivity index (χ2v) is 3.98. The molecular weight excluding hydrogens is 263 g/mol. The second-order valence-electron chi connectivity index (χ2n) is 3.98. The van der Waals surface area contributed by atoms with Crippen LogP contribution < -0.4 is 10.2 Å². The molecule has 1 aromatic carbocycles. The van der Waals surface area contributed by atoms with Crippen molar-refractivity contribution in [2.45, 2.75) is 6.18 Å². The summed E-state index contributed by atoms with van der Waals surface area (Å²) in [6, 6.07) is 2.75. The molecule has 0 saturated carbocycles. The molecule has 19 heavy (non-hydrogen) atoms. The molecule has 0 atom stereocenters. The van der Waals surface area contributed by atoms with Gasteiger partial charge in [0.25, 0.3) is 5.69 Å². The van der Waals surface area contributed by atoms with E-state index in [2.05, 4.69) is 5.32 Å². The van der Waals surface area contributed by atoms with E-state index < -0.39 is 22.4 Å². The van der Waals surface area contributed by atoms with E-state index in [0.717, 1.165) is 12.1 Å². The number of benzene rings is 1. The SMILES string of the molecule is CNCCN(C)c1ccc([N+](=O)[O-])cc1C(F)(F)F. The Hall–Kier alpha value is -1.83. The predicted octanol–water partition coefficient (Wildman–Crippen LogP) is 2.27. The van der Waals surface area contributed by atoms with Crippen molar-refractivity contribution in [3.8, 4) is 0 Å². The molecule has 0 unspecified atom stereocenters. The lowest BCUT2D eigenvalue weighted by Gasteiger charge is -2.23. The van der Waals surface area contributed by atoms with Gasteiger partial charge in [-0.05, 0) is 13.1 Å². The maximum Gasteiger partial charge on any atom is 0.418 e. The average molecular weight is 277 g/mol. The molecule has 0 aliphatic heterocycles. The minimum atomic E-state index is -4.63. The molecule has 0 radical (unpaired) electrons. The van der Waals surface area contributed by atoms with Crippen LogP contribution in [-0.2, 0) is 6.18 Å². The van der Waals surface area contributed by atoms with E-state index in [1.165, 1.54) is 11.9 Å². The largest absolute Gasteiger partial charge is 0.418 e. The van der Waals surface area contributed by atoms with Gasteiger partial charge < -0.3 is 10.2 Å². The van der Waals surface area contributed by atoms with Gasteiger partial charge in [-0.15, -0.1) is 0 Å². The zero-order chi connectivity index (χ0) is 14.6. The fourth-order valence-electron chi connectivity index (χ4n) is 1.60. The fourth-order valence-corrected chi connectivity index (χ4v) is 1.60. The number of nitro groups is 1. The number of non-ortho nitro benzene ring substituents is 1. The molecule has 0 heterocycles. The standard InChI is InChI=1S/C11H14F3N3O2/c1-15-5-6-16(2)10-4-3-8(17(18)19)7-9(10)11(12,13)14/h3-4,7,15H,5-6H2,1-2H3. The highest BCUT2D eigenvalue weighted by atomic mass is 19.4. The molecule has 106 valence electrons. The molecule has 0 bridgehead atoms. The first kappa shape index (κ1) is 15.2. The van der Waals surface area contributed by atoms with Gasteiger partial charge in [-0.2, -0.15) is 13.2 Å². The van der Waals surface area contributed by atoms with Crippen LogP contribution in [0, 0.1) is 10.1 Å². The van der Waals surface area contributed by atoms with Crippen molar-refractivity contribution in [2.75, 3.05) is 32.1 Å². The van der Waals surface area contributed by atoms with E-state index in [-0.39, 0.29) is 5.69 Å². The third kappa shape index (κ3) is 3.82. The molecule has 8 heteroatoms. The van der Waals surface area contributed by atoms with Gasteiger partial charge >= 0.3 is 6.18 Å². The minimum Gasteiger partial charge on any atom is -0.373 e. The molecule has 0 aliphatic carbocycles. The van der Waals surface area contributed by atoms with Crippen molar-refractivity contribution in [1.82, 2.24) is 5.32 Å². The van der Waals surface area contributed by atoms with E-state index in [4.69, 9.17) is 0 Å². The first-order chi connectivity index (χ1) is 8.77. The molecule has 1 N–H and O–H groups in total. The summed E-state index contributed by atoms with van der Waals surface area (Å²) < 4.78 is 38.7. The summed E-state index contributed by atoms with van der Waals surface area (Å²) in [7, 11) is 3.20. The summed E-state index contributed by atoms with van der Waals surface area (Å²) in [4.78, 5) is 11.1. The molecule has 0 saturated heterocycles. The number of nitrogens with zero attached hydrogens (tertiary/aromatic N) is 2. The number of nitro benzene ring substituents is 1. The monoisotopic (exact) mass is 277 g/mol. The van der Waals surface area contributed by atoms with Crippen molar-refractivity contribution in [1.29, 1.82) is 0 Å². The van der Waals surface area contributed by atoms with Crippen LogP contribution in [0.4, 0.5) is 24.5 Å². The maximum absolute atomic E-state index is 12.9. The Morgan fingerprint density at radius 3 is 2.53 bits per heavy atom.